The van der Waals surface area contributed by atoms with Gasteiger partial charge in [0.25, 0.3) is 11.4 Å². The maximum absolute atomic E-state index is 6.20. The standard InChI is InChI=1S/C24H52O4P2S4/c1-5-9-13-17-21-25-29(31,26-22-18-14-10-6-2)33-34-30(32,27-23-19-15-11-7-3)28-24-20-16-12-8-4/h5-24H2,1-4H3. The summed E-state index contributed by atoms with van der Waals surface area (Å²) in [5.41, 5.74) is -5.00. The molecule has 0 fully saturated rings. The highest BCUT2D eigenvalue weighted by molar-refractivity contribution is 9.17. The Morgan fingerprint density at radius 2 is 0.647 bits per heavy atom. The van der Waals surface area contributed by atoms with Gasteiger partial charge < -0.3 is 18.1 Å². The molecule has 0 bridgehead atoms. The molecule has 0 aliphatic heterocycles. The van der Waals surface area contributed by atoms with Gasteiger partial charge in [-0.15, -0.1) is 0 Å². The Kier molecular flexibility index (Phi) is 26.5. The molecule has 0 aliphatic rings. The highest BCUT2D eigenvalue weighted by Gasteiger charge is 2.29. The summed E-state index contributed by atoms with van der Waals surface area (Å²) < 4.78 is 24.8. The molecule has 4 nitrogen and oxygen atoms in total. The fraction of sp³-hybridized carbons (Fsp3) is 1.00. The van der Waals surface area contributed by atoms with Crippen LogP contribution in [-0.2, 0) is 41.7 Å². The third kappa shape index (κ3) is 21.9. The van der Waals surface area contributed by atoms with Gasteiger partial charge in [0, 0.05) is 20.8 Å². The van der Waals surface area contributed by atoms with E-state index in [0.717, 1.165) is 25.7 Å². The van der Waals surface area contributed by atoms with Gasteiger partial charge in [-0.3, -0.25) is 0 Å². The summed E-state index contributed by atoms with van der Waals surface area (Å²) in [5, 5.41) is 0. The molecule has 0 atom stereocenters. The lowest BCUT2D eigenvalue weighted by Crippen LogP contribution is -1.99. The largest absolute Gasteiger partial charge is 0.321 e. The van der Waals surface area contributed by atoms with E-state index in [2.05, 4.69) is 27.7 Å². The molecule has 0 saturated carbocycles. The maximum Gasteiger partial charge on any atom is 0.258 e. The van der Waals surface area contributed by atoms with Gasteiger partial charge in [-0.1, -0.05) is 105 Å². The molecule has 0 unspecified atom stereocenters. The van der Waals surface area contributed by atoms with Crippen LogP contribution < -0.4 is 0 Å². The molecule has 0 aromatic carbocycles. The van der Waals surface area contributed by atoms with E-state index in [1.54, 1.807) is 0 Å². The number of rotatable bonds is 27. The topological polar surface area (TPSA) is 36.9 Å². The van der Waals surface area contributed by atoms with Gasteiger partial charge in [0.05, 0.1) is 26.4 Å². The Morgan fingerprint density at radius 3 is 0.853 bits per heavy atom. The second kappa shape index (κ2) is 25.1. The Hall–Kier alpha value is 1.84. The van der Waals surface area contributed by atoms with Gasteiger partial charge >= 0.3 is 0 Å². The van der Waals surface area contributed by atoms with Crippen molar-refractivity contribution in [2.24, 2.45) is 0 Å². The predicted octanol–water partition coefficient (Wildman–Crippen LogP) is 11.2. The predicted molar refractivity (Wildman–Crippen MR) is 164 cm³/mol. The van der Waals surface area contributed by atoms with Crippen LogP contribution in [0.1, 0.15) is 130 Å². The minimum absolute atomic E-state index is 0.651. The number of unbranched alkanes of at least 4 members (excludes halogenated alkanes) is 12. The van der Waals surface area contributed by atoms with Crippen molar-refractivity contribution < 1.29 is 18.1 Å². The van der Waals surface area contributed by atoms with E-state index in [1.807, 2.05) is 0 Å². The molecule has 0 spiro atoms. The van der Waals surface area contributed by atoms with Crippen LogP contribution in [0.5, 0.6) is 0 Å². The highest BCUT2D eigenvalue weighted by Crippen LogP contribution is 2.77. The molecule has 206 valence electrons. The second-order valence-electron chi connectivity index (χ2n) is 8.62. The number of hydrogen-bond donors (Lipinski definition) is 0. The fourth-order valence-electron chi connectivity index (χ4n) is 3.06. The van der Waals surface area contributed by atoms with E-state index >= 15 is 0 Å². The van der Waals surface area contributed by atoms with Crippen molar-refractivity contribution >= 4 is 55.8 Å². The van der Waals surface area contributed by atoms with Crippen LogP contribution in [0.15, 0.2) is 0 Å². The monoisotopic (exact) mass is 594 g/mol. The Labute approximate surface area is 229 Å². The summed E-state index contributed by atoms with van der Waals surface area (Å²) >= 11 is 11.9. The minimum atomic E-state index is -2.50. The third-order valence-electron chi connectivity index (χ3n) is 5.21. The first-order valence-corrected chi connectivity index (χ1v) is 22.2. The Bertz CT molecular complexity index is 459. The van der Waals surface area contributed by atoms with Crippen molar-refractivity contribution in [2.45, 2.75) is 130 Å². The van der Waals surface area contributed by atoms with Crippen LogP contribution in [0.2, 0.25) is 0 Å². The van der Waals surface area contributed by atoms with Crippen molar-refractivity contribution in [3.05, 3.63) is 0 Å². The minimum Gasteiger partial charge on any atom is -0.321 e. The van der Waals surface area contributed by atoms with Crippen molar-refractivity contribution in [3.8, 4) is 0 Å². The lowest BCUT2D eigenvalue weighted by Gasteiger charge is -2.25. The second-order valence-corrected chi connectivity index (χ2v) is 22.5. The normalized spacial score (nSPS) is 12.5. The average molecular weight is 595 g/mol. The van der Waals surface area contributed by atoms with E-state index in [4.69, 9.17) is 41.7 Å². The zero-order chi connectivity index (χ0) is 25.4. The van der Waals surface area contributed by atoms with Crippen molar-refractivity contribution in [3.63, 3.8) is 0 Å². The highest BCUT2D eigenvalue weighted by atomic mass is 33.5. The third-order valence-corrected chi connectivity index (χ3v) is 20.4. The molecule has 10 heteroatoms. The van der Waals surface area contributed by atoms with E-state index in [0.29, 0.717) is 26.4 Å². The van der Waals surface area contributed by atoms with Crippen LogP contribution in [0.4, 0.5) is 0 Å². The smallest absolute Gasteiger partial charge is 0.258 e. The first kappa shape index (κ1) is 35.8. The summed E-state index contributed by atoms with van der Waals surface area (Å²) in [6.07, 6.45) is 18.5. The lowest BCUT2D eigenvalue weighted by atomic mass is 10.2. The van der Waals surface area contributed by atoms with Gasteiger partial charge in [0.2, 0.25) is 0 Å². The molecule has 0 saturated heterocycles. The van der Waals surface area contributed by atoms with E-state index in [9.17, 15) is 0 Å². The van der Waals surface area contributed by atoms with Crippen LogP contribution >= 0.6 is 32.2 Å². The van der Waals surface area contributed by atoms with Gasteiger partial charge in [-0.25, -0.2) is 0 Å². The molecule has 0 aromatic rings. The van der Waals surface area contributed by atoms with Crippen molar-refractivity contribution in [2.75, 3.05) is 26.4 Å². The lowest BCUT2D eigenvalue weighted by molar-refractivity contribution is 0.249. The molecular weight excluding hydrogens is 542 g/mol. The fourth-order valence-corrected chi connectivity index (χ4v) is 19.6. The molecule has 0 aromatic heterocycles. The summed E-state index contributed by atoms with van der Waals surface area (Å²) in [6.45, 7) is 11.5. The molecule has 34 heavy (non-hydrogen) atoms. The first-order chi connectivity index (χ1) is 16.4. The number of hydrogen-bond acceptors (Lipinski definition) is 8. The molecular formula is C24H52O4P2S4. The summed E-state index contributed by atoms with van der Waals surface area (Å²) in [5.74, 6) is 0. The Morgan fingerprint density at radius 1 is 0.412 bits per heavy atom. The van der Waals surface area contributed by atoms with Gasteiger partial charge in [-0.05, 0) is 49.3 Å². The SMILES string of the molecule is CCCCCCOP(=S)(OCCCCCC)SSP(=S)(OCCCCCC)OCCCCCC. The van der Waals surface area contributed by atoms with Gasteiger partial charge in [-0.2, -0.15) is 0 Å². The Balaban J connectivity index is 4.91. The van der Waals surface area contributed by atoms with Crippen LogP contribution in [0, 0.1) is 0 Å². The van der Waals surface area contributed by atoms with Gasteiger partial charge in [0.15, 0.2) is 0 Å². The summed E-state index contributed by atoms with van der Waals surface area (Å²) in [4.78, 5) is 0. The quantitative estimate of drug-likeness (QED) is 0.0528. The van der Waals surface area contributed by atoms with Crippen LogP contribution in [-0.4, -0.2) is 26.4 Å². The molecule has 0 aliphatic carbocycles. The van der Waals surface area contributed by atoms with Gasteiger partial charge in [0.1, 0.15) is 0 Å². The van der Waals surface area contributed by atoms with E-state index in [-0.39, 0.29) is 0 Å². The van der Waals surface area contributed by atoms with E-state index < -0.39 is 11.4 Å². The summed E-state index contributed by atoms with van der Waals surface area (Å²) in [6, 6.07) is 0. The summed E-state index contributed by atoms with van der Waals surface area (Å²) in [7, 11) is 2.98. The average Bonchev–Trinajstić information content (AvgIpc) is 2.83. The molecule has 0 radical (unpaired) electrons. The van der Waals surface area contributed by atoms with Crippen molar-refractivity contribution in [1.29, 1.82) is 0 Å². The maximum atomic E-state index is 6.20. The van der Waals surface area contributed by atoms with E-state index in [1.165, 1.54) is 97.9 Å². The molecule has 0 amide bonds. The first-order valence-electron chi connectivity index (χ1n) is 13.6. The van der Waals surface area contributed by atoms with Crippen LogP contribution in [0.3, 0.4) is 0 Å². The molecule has 0 heterocycles. The zero-order valence-electron chi connectivity index (χ0n) is 22.3. The zero-order valence-corrected chi connectivity index (χ0v) is 27.4. The molecule has 0 N–H and O–H groups in total. The molecule has 0 rings (SSSR count). The van der Waals surface area contributed by atoms with Crippen LogP contribution in [0.25, 0.3) is 0 Å². The van der Waals surface area contributed by atoms with Crippen molar-refractivity contribution in [1.82, 2.24) is 0 Å².